The highest BCUT2D eigenvalue weighted by molar-refractivity contribution is 7.80. The molecule has 0 heterocycles. The number of hydrogen-bond acceptors (Lipinski definition) is 4. The second kappa shape index (κ2) is 6.59. The monoisotopic (exact) mass is 251 g/mol. The smallest absolute Gasteiger partial charge is 0.359 e. The molecule has 1 aromatic rings. The predicted octanol–water partition coefficient (Wildman–Crippen LogP) is 0.787. The van der Waals surface area contributed by atoms with Gasteiger partial charge in [0, 0.05) is 5.56 Å². The van der Waals surface area contributed by atoms with E-state index in [9.17, 15) is 4.79 Å². The number of thiocarbonyl (C=S) groups is 1. The van der Waals surface area contributed by atoms with Gasteiger partial charge in [-0.25, -0.2) is 4.79 Å². The Balaban J connectivity index is 2.98. The minimum Gasteiger partial charge on any atom is -0.461 e. The van der Waals surface area contributed by atoms with Crippen LogP contribution in [0.25, 0.3) is 0 Å². The van der Waals surface area contributed by atoms with Crippen molar-refractivity contribution in [2.24, 2.45) is 10.8 Å². The predicted molar refractivity (Wildman–Crippen MR) is 69.5 cm³/mol. The maximum absolute atomic E-state index is 11.7. The first kappa shape index (κ1) is 13.1. The molecule has 0 amide bonds. The lowest BCUT2D eigenvalue weighted by Gasteiger charge is -2.06. The lowest BCUT2D eigenvalue weighted by molar-refractivity contribution is -0.134. The minimum absolute atomic E-state index is 0.0114. The lowest BCUT2D eigenvalue weighted by atomic mass is 10.1. The summed E-state index contributed by atoms with van der Waals surface area (Å²) in [5.74, 6) is -0.526. The Morgan fingerprint density at radius 1 is 1.47 bits per heavy atom. The molecule has 0 aliphatic rings. The molecule has 0 atom stereocenters. The second-order valence-corrected chi connectivity index (χ2v) is 3.46. The first-order chi connectivity index (χ1) is 8.15. The van der Waals surface area contributed by atoms with Crippen molar-refractivity contribution < 1.29 is 9.53 Å². The molecule has 6 heteroatoms. The third kappa shape index (κ3) is 4.20. The fourth-order valence-corrected chi connectivity index (χ4v) is 1.18. The number of hydrazone groups is 1. The minimum atomic E-state index is -0.526. The first-order valence-corrected chi connectivity index (χ1v) is 5.41. The van der Waals surface area contributed by atoms with Crippen LogP contribution in [0.1, 0.15) is 12.5 Å². The van der Waals surface area contributed by atoms with E-state index >= 15 is 0 Å². The molecule has 3 N–H and O–H groups in total. The van der Waals surface area contributed by atoms with Crippen molar-refractivity contribution in [1.82, 2.24) is 5.43 Å². The number of ether oxygens (including phenoxy) is 1. The Bertz CT molecular complexity index is 432. The van der Waals surface area contributed by atoms with Gasteiger partial charge in [-0.2, -0.15) is 5.10 Å². The quantitative estimate of drug-likeness (QED) is 0.358. The molecule has 0 aliphatic heterocycles. The molecule has 0 bridgehead atoms. The summed E-state index contributed by atoms with van der Waals surface area (Å²) >= 11 is 4.62. The number of nitrogens with one attached hydrogen (secondary N) is 1. The molecule has 0 saturated carbocycles. The van der Waals surface area contributed by atoms with Gasteiger partial charge < -0.3 is 10.5 Å². The molecule has 0 radical (unpaired) electrons. The Hall–Kier alpha value is -1.95. The Morgan fingerprint density at radius 3 is 2.65 bits per heavy atom. The largest absolute Gasteiger partial charge is 0.461 e. The summed E-state index contributed by atoms with van der Waals surface area (Å²) in [4.78, 5) is 11.7. The van der Waals surface area contributed by atoms with E-state index < -0.39 is 5.97 Å². The Morgan fingerprint density at radius 2 is 2.12 bits per heavy atom. The van der Waals surface area contributed by atoms with E-state index in [-0.39, 0.29) is 17.4 Å². The highest BCUT2D eigenvalue weighted by Crippen LogP contribution is 2.02. The van der Waals surface area contributed by atoms with E-state index in [1.54, 1.807) is 31.2 Å². The van der Waals surface area contributed by atoms with E-state index in [1.165, 1.54) is 0 Å². The Labute approximate surface area is 105 Å². The van der Waals surface area contributed by atoms with Crippen LogP contribution in [-0.2, 0) is 9.53 Å². The van der Waals surface area contributed by atoms with Gasteiger partial charge in [0.25, 0.3) is 0 Å². The van der Waals surface area contributed by atoms with Crippen LogP contribution in [-0.4, -0.2) is 23.4 Å². The van der Waals surface area contributed by atoms with Crippen LogP contribution in [0, 0.1) is 0 Å². The van der Waals surface area contributed by atoms with Crippen LogP contribution in [0.15, 0.2) is 35.4 Å². The summed E-state index contributed by atoms with van der Waals surface area (Å²) in [5, 5.41) is 3.83. The van der Waals surface area contributed by atoms with Crippen LogP contribution >= 0.6 is 12.2 Å². The van der Waals surface area contributed by atoms with Crippen molar-refractivity contribution >= 4 is 29.0 Å². The van der Waals surface area contributed by atoms with Gasteiger partial charge in [-0.1, -0.05) is 30.3 Å². The number of rotatable bonds is 4. The fourth-order valence-electron chi connectivity index (χ4n) is 1.13. The van der Waals surface area contributed by atoms with Gasteiger partial charge in [-0.05, 0) is 19.1 Å². The topological polar surface area (TPSA) is 76.7 Å². The number of nitrogens with zero attached hydrogens (tertiary/aromatic N) is 1. The number of hydrogen-bond donors (Lipinski definition) is 2. The van der Waals surface area contributed by atoms with Crippen LogP contribution in [0.3, 0.4) is 0 Å². The van der Waals surface area contributed by atoms with Crippen LogP contribution in [0.4, 0.5) is 0 Å². The third-order valence-corrected chi connectivity index (χ3v) is 1.89. The number of nitrogens with two attached hydrogens (primary N) is 1. The summed E-state index contributed by atoms with van der Waals surface area (Å²) in [6.07, 6.45) is 0. The number of carbonyl (C=O) groups excluding carboxylic acids is 1. The van der Waals surface area contributed by atoms with E-state index in [2.05, 4.69) is 22.7 Å². The third-order valence-electron chi connectivity index (χ3n) is 1.79. The molecule has 0 spiro atoms. The van der Waals surface area contributed by atoms with Gasteiger partial charge in [0.05, 0.1) is 6.61 Å². The molecule has 0 fully saturated rings. The molecule has 0 aliphatic carbocycles. The molecule has 0 unspecified atom stereocenters. The molecular weight excluding hydrogens is 238 g/mol. The highest BCUT2D eigenvalue weighted by Gasteiger charge is 2.15. The zero-order valence-corrected chi connectivity index (χ0v) is 10.2. The second-order valence-electron chi connectivity index (χ2n) is 3.02. The zero-order chi connectivity index (χ0) is 12.7. The van der Waals surface area contributed by atoms with Gasteiger partial charge in [-0.15, -0.1) is 0 Å². The average Bonchev–Trinajstić information content (AvgIpc) is 2.30. The molecule has 5 nitrogen and oxygen atoms in total. The maximum atomic E-state index is 11.7. The van der Waals surface area contributed by atoms with Gasteiger partial charge in [0.15, 0.2) is 10.8 Å². The number of esters is 1. The van der Waals surface area contributed by atoms with Crippen LogP contribution < -0.4 is 11.2 Å². The molecule has 1 aromatic carbocycles. The molecule has 0 saturated heterocycles. The Kier molecular flexibility index (Phi) is 5.09. The van der Waals surface area contributed by atoms with E-state index in [0.717, 1.165) is 0 Å². The summed E-state index contributed by atoms with van der Waals surface area (Å²) < 4.78 is 4.90. The molecule has 90 valence electrons. The molecular formula is C11H13N3O2S. The van der Waals surface area contributed by atoms with Crippen molar-refractivity contribution in [2.75, 3.05) is 6.61 Å². The first-order valence-electron chi connectivity index (χ1n) is 5.00. The summed E-state index contributed by atoms with van der Waals surface area (Å²) in [5.41, 5.74) is 8.41. The normalized spacial score (nSPS) is 10.8. The van der Waals surface area contributed by atoms with Gasteiger partial charge in [0.1, 0.15) is 0 Å². The van der Waals surface area contributed by atoms with Gasteiger partial charge in [0.2, 0.25) is 0 Å². The van der Waals surface area contributed by atoms with E-state index in [0.29, 0.717) is 5.56 Å². The van der Waals surface area contributed by atoms with Gasteiger partial charge in [-0.3, -0.25) is 5.43 Å². The van der Waals surface area contributed by atoms with Crippen molar-refractivity contribution in [2.45, 2.75) is 6.92 Å². The van der Waals surface area contributed by atoms with Crippen molar-refractivity contribution in [3.8, 4) is 0 Å². The maximum Gasteiger partial charge on any atom is 0.359 e. The SMILES string of the molecule is CCOC(=O)C(=NNC(N)=S)c1ccccc1. The standard InChI is InChI=1S/C11H13N3O2S/c1-2-16-10(15)9(13-14-11(12)17)8-6-4-3-5-7-8/h3-7H,2H2,1H3,(H3,12,14,17). The highest BCUT2D eigenvalue weighted by atomic mass is 32.1. The average molecular weight is 251 g/mol. The summed E-state index contributed by atoms with van der Waals surface area (Å²) in [6.45, 7) is 2.00. The zero-order valence-electron chi connectivity index (χ0n) is 9.34. The molecule has 0 aromatic heterocycles. The number of carbonyl (C=O) groups is 1. The fraction of sp³-hybridized carbons (Fsp3) is 0.182. The summed E-state index contributed by atoms with van der Waals surface area (Å²) in [6, 6.07) is 8.93. The van der Waals surface area contributed by atoms with Crippen molar-refractivity contribution in [3.05, 3.63) is 35.9 Å². The van der Waals surface area contributed by atoms with Crippen LogP contribution in [0.5, 0.6) is 0 Å². The van der Waals surface area contributed by atoms with Crippen molar-refractivity contribution in [3.63, 3.8) is 0 Å². The van der Waals surface area contributed by atoms with E-state index in [1.807, 2.05) is 6.07 Å². The van der Waals surface area contributed by atoms with Gasteiger partial charge >= 0.3 is 5.97 Å². The van der Waals surface area contributed by atoms with Crippen LogP contribution in [0.2, 0.25) is 0 Å². The van der Waals surface area contributed by atoms with Crippen molar-refractivity contribution in [1.29, 1.82) is 0 Å². The lowest BCUT2D eigenvalue weighted by Crippen LogP contribution is -2.28. The molecule has 17 heavy (non-hydrogen) atoms. The number of benzene rings is 1. The molecule has 1 rings (SSSR count). The van der Waals surface area contributed by atoms with E-state index in [4.69, 9.17) is 10.5 Å². The summed E-state index contributed by atoms with van der Waals surface area (Å²) in [7, 11) is 0.